The zero-order valence-electron chi connectivity index (χ0n) is 12.3. The normalized spacial score (nSPS) is 29.1. The fourth-order valence-electron chi connectivity index (χ4n) is 3.52. The first-order valence-electron chi connectivity index (χ1n) is 7.46. The number of benzene rings is 1. The van der Waals surface area contributed by atoms with Crippen molar-refractivity contribution < 1.29 is 9.47 Å². The number of morpholine rings is 1. The lowest BCUT2D eigenvalue weighted by atomic mass is 9.98. The second-order valence-corrected chi connectivity index (χ2v) is 5.99. The fraction of sp³-hybridized carbons (Fsp3) is 0.625. The van der Waals surface area contributed by atoms with Crippen LogP contribution in [0, 0.1) is 0 Å². The van der Waals surface area contributed by atoms with Gasteiger partial charge < -0.3 is 15.2 Å². The van der Waals surface area contributed by atoms with E-state index in [1.165, 1.54) is 18.4 Å². The summed E-state index contributed by atoms with van der Waals surface area (Å²) in [5.74, 6) is 0.888. The molecule has 4 atom stereocenters. The molecular formula is C16H24N2O2. The van der Waals surface area contributed by atoms with Crippen molar-refractivity contribution in [2.75, 3.05) is 20.2 Å². The molecule has 0 aliphatic carbocycles. The van der Waals surface area contributed by atoms with E-state index in [-0.39, 0.29) is 12.1 Å². The molecule has 0 spiro atoms. The average Bonchev–Trinajstić information content (AvgIpc) is 2.78. The lowest BCUT2D eigenvalue weighted by Gasteiger charge is -2.40. The second kappa shape index (κ2) is 5.72. The van der Waals surface area contributed by atoms with Crippen LogP contribution in [0.3, 0.4) is 0 Å². The smallest absolute Gasteiger partial charge is 0.118 e. The van der Waals surface area contributed by atoms with Crippen molar-refractivity contribution in [3.8, 4) is 5.75 Å². The van der Waals surface area contributed by atoms with E-state index < -0.39 is 0 Å². The van der Waals surface area contributed by atoms with Crippen LogP contribution in [-0.2, 0) is 4.74 Å². The van der Waals surface area contributed by atoms with Gasteiger partial charge in [-0.3, -0.25) is 4.90 Å². The number of likely N-dealkylation sites (tertiary alicyclic amines) is 1. The van der Waals surface area contributed by atoms with E-state index >= 15 is 0 Å². The highest BCUT2D eigenvalue weighted by Crippen LogP contribution is 2.33. The third kappa shape index (κ3) is 2.68. The van der Waals surface area contributed by atoms with E-state index in [4.69, 9.17) is 15.2 Å². The fourth-order valence-corrected chi connectivity index (χ4v) is 3.52. The SMILES string of the molecule is COc1ccc(C(C(C)N)N2CC3CCC(C2)O3)cc1. The van der Waals surface area contributed by atoms with Gasteiger partial charge in [0.25, 0.3) is 0 Å². The number of fused-ring (bicyclic) bond motifs is 2. The van der Waals surface area contributed by atoms with Crippen molar-refractivity contribution in [2.24, 2.45) is 5.73 Å². The van der Waals surface area contributed by atoms with Crippen LogP contribution in [0.15, 0.2) is 24.3 Å². The quantitative estimate of drug-likeness (QED) is 0.913. The van der Waals surface area contributed by atoms with Gasteiger partial charge in [0.05, 0.1) is 19.3 Å². The minimum atomic E-state index is 0.0981. The lowest BCUT2D eigenvalue weighted by molar-refractivity contribution is -0.0559. The highest BCUT2D eigenvalue weighted by molar-refractivity contribution is 5.30. The van der Waals surface area contributed by atoms with E-state index in [0.29, 0.717) is 12.2 Å². The van der Waals surface area contributed by atoms with Crippen molar-refractivity contribution in [1.82, 2.24) is 4.90 Å². The summed E-state index contributed by atoms with van der Waals surface area (Å²) in [5, 5.41) is 0. The molecule has 1 aromatic carbocycles. The Balaban J connectivity index is 1.81. The first-order chi connectivity index (χ1) is 9.67. The van der Waals surface area contributed by atoms with Crippen LogP contribution in [-0.4, -0.2) is 43.3 Å². The Bertz CT molecular complexity index is 434. The molecule has 3 rings (SSSR count). The van der Waals surface area contributed by atoms with Crippen molar-refractivity contribution in [3.05, 3.63) is 29.8 Å². The first-order valence-corrected chi connectivity index (χ1v) is 7.46. The van der Waals surface area contributed by atoms with Crippen LogP contribution in [0.4, 0.5) is 0 Å². The molecule has 2 bridgehead atoms. The molecule has 2 aliphatic heterocycles. The van der Waals surface area contributed by atoms with Gasteiger partial charge in [0, 0.05) is 25.2 Å². The topological polar surface area (TPSA) is 47.7 Å². The van der Waals surface area contributed by atoms with Crippen molar-refractivity contribution in [2.45, 2.75) is 44.1 Å². The van der Waals surface area contributed by atoms with Crippen LogP contribution in [0.25, 0.3) is 0 Å². The minimum Gasteiger partial charge on any atom is -0.497 e. The second-order valence-electron chi connectivity index (χ2n) is 5.99. The first kappa shape index (κ1) is 13.9. The van der Waals surface area contributed by atoms with E-state index in [9.17, 15) is 0 Å². The molecule has 4 nitrogen and oxygen atoms in total. The summed E-state index contributed by atoms with van der Waals surface area (Å²) in [6, 6.07) is 8.64. The van der Waals surface area contributed by atoms with Crippen molar-refractivity contribution in [1.29, 1.82) is 0 Å². The summed E-state index contributed by atoms with van der Waals surface area (Å²) >= 11 is 0. The number of ether oxygens (including phenoxy) is 2. The molecule has 1 aromatic rings. The Morgan fingerprint density at radius 1 is 1.20 bits per heavy atom. The molecule has 20 heavy (non-hydrogen) atoms. The molecule has 2 fully saturated rings. The predicted octanol–water partition coefficient (Wildman–Crippen LogP) is 1.95. The van der Waals surface area contributed by atoms with E-state index in [0.717, 1.165) is 18.8 Å². The Morgan fingerprint density at radius 3 is 2.30 bits per heavy atom. The molecule has 0 amide bonds. The highest BCUT2D eigenvalue weighted by Gasteiger charge is 2.37. The summed E-state index contributed by atoms with van der Waals surface area (Å²) in [6.45, 7) is 4.08. The van der Waals surface area contributed by atoms with Crippen LogP contribution < -0.4 is 10.5 Å². The van der Waals surface area contributed by atoms with Gasteiger partial charge in [-0.25, -0.2) is 0 Å². The number of rotatable bonds is 4. The maximum absolute atomic E-state index is 6.27. The molecule has 2 saturated heterocycles. The number of hydrogen-bond donors (Lipinski definition) is 1. The Kier molecular flexibility index (Phi) is 3.96. The van der Waals surface area contributed by atoms with Crippen LogP contribution in [0.5, 0.6) is 5.75 Å². The largest absolute Gasteiger partial charge is 0.497 e. The molecule has 4 heteroatoms. The molecule has 4 unspecified atom stereocenters. The van der Waals surface area contributed by atoms with Crippen molar-refractivity contribution in [3.63, 3.8) is 0 Å². The molecule has 2 aliphatic rings. The van der Waals surface area contributed by atoms with Gasteiger partial charge in [-0.2, -0.15) is 0 Å². The highest BCUT2D eigenvalue weighted by atomic mass is 16.5. The molecular weight excluding hydrogens is 252 g/mol. The molecule has 0 aromatic heterocycles. The van der Waals surface area contributed by atoms with Crippen LogP contribution in [0.2, 0.25) is 0 Å². The molecule has 0 radical (unpaired) electrons. The van der Waals surface area contributed by atoms with Crippen LogP contribution >= 0.6 is 0 Å². The van der Waals surface area contributed by atoms with Gasteiger partial charge in [0.1, 0.15) is 5.75 Å². The maximum atomic E-state index is 6.27. The molecule has 2 heterocycles. The lowest BCUT2D eigenvalue weighted by Crippen LogP contribution is -2.48. The van der Waals surface area contributed by atoms with Gasteiger partial charge in [0.15, 0.2) is 0 Å². The number of nitrogens with two attached hydrogens (primary N) is 1. The third-order valence-electron chi connectivity index (χ3n) is 4.42. The van der Waals surface area contributed by atoms with E-state index in [1.54, 1.807) is 7.11 Å². The Labute approximate surface area is 120 Å². The predicted molar refractivity (Wildman–Crippen MR) is 78.9 cm³/mol. The Hall–Kier alpha value is -1.10. The average molecular weight is 276 g/mol. The van der Waals surface area contributed by atoms with Gasteiger partial charge >= 0.3 is 0 Å². The van der Waals surface area contributed by atoms with Gasteiger partial charge in [0.2, 0.25) is 0 Å². The summed E-state index contributed by atoms with van der Waals surface area (Å²) in [4.78, 5) is 2.50. The standard InChI is InChI=1S/C16H24N2O2/c1-11(17)16(12-3-5-13(19-2)6-4-12)18-9-14-7-8-15(10-18)20-14/h3-6,11,14-16H,7-10,17H2,1-2H3. The van der Waals surface area contributed by atoms with E-state index in [2.05, 4.69) is 24.0 Å². The number of nitrogens with zero attached hydrogens (tertiary/aromatic N) is 1. The third-order valence-corrected chi connectivity index (χ3v) is 4.42. The summed E-state index contributed by atoms with van der Waals surface area (Å²) in [5.41, 5.74) is 7.53. The Morgan fingerprint density at radius 2 is 1.80 bits per heavy atom. The summed E-state index contributed by atoms with van der Waals surface area (Å²) < 4.78 is 11.2. The summed E-state index contributed by atoms with van der Waals surface area (Å²) in [7, 11) is 1.69. The zero-order valence-corrected chi connectivity index (χ0v) is 12.3. The molecule has 0 saturated carbocycles. The molecule has 110 valence electrons. The van der Waals surface area contributed by atoms with Gasteiger partial charge in [-0.05, 0) is 37.5 Å². The van der Waals surface area contributed by atoms with Crippen LogP contribution in [0.1, 0.15) is 31.4 Å². The van der Waals surface area contributed by atoms with E-state index in [1.807, 2.05) is 12.1 Å². The maximum Gasteiger partial charge on any atom is 0.118 e. The van der Waals surface area contributed by atoms with Gasteiger partial charge in [-0.15, -0.1) is 0 Å². The number of hydrogen-bond acceptors (Lipinski definition) is 4. The summed E-state index contributed by atoms with van der Waals surface area (Å²) in [6.07, 6.45) is 3.17. The van der Waals surface area contributed by atoms with Crippen molar-refractivity contribution >= 4 is 0 Å². The molecule has 2 N–H and O–H groups in total. The zero-order chi connectivity index (χ0) is 14.1. The minimum absolute atomic E-state index is 0.0981. The van der Waals surface area contributed by atoms with Gasteiger partial charge in [-0.1, -0.05) is 12.1 Å². The number of methoxy groups -OCH3 is 1. The monoisotopic (exact) mass is 276 g/mol.